The Kier molecular flexibility index (Phi) is 4.00. The van der Waals surface area contributed by atoms with Gasteiger partial charge < -0.3 is 9.80 Å². The van der Waals surface area contributed by atoms with Gasteiger partial charge in [0.05, 0.1) is 12.1 Å². The summed E-state index contributed by atoms with van der Waals surface area (Å²) in [5.74, 6) is 0.683. The SMILES string of the molecule is Cc1ccc(C#N)c(N(C)CC(=O)N2CCCC2)n1. The van der Waals surface area contributed by atoms with Crippen molar-refractivity contribution in [1.82, 2.24) is 9.88 Å². The summed E-state index contributed by atoms with van der Waals surface area (Å²) in [6.07, 6.45) is 2.17. The van der Waals surface area contributed by atoms with Gasteiger partial charge in [0, 0.05) is 25.8 Å². The Hall–Kier alpha value is -2.09. The molecule has 2 rings (SSSR count). The molecule has 5 nitrogen and oxygen atoms in total. The molecule has 100 valence electrons. The quantitative estimate of drug-likeness (QED) is 0.820. The van der Waals surface area contributed by atoms with Crippen molar-refractivity contribution in [2.24, 2.45) is 0 Å². The number of carbonyl (C=O) groups is 1. The molecule has 1 aliphatic heterocycles. The molecule has 1 aromatic rings. The summed E-state index contributed by atoms with van der Waals surface area (Å²) < 4.78 is 0. The largest absolute Gasteiger partial charge is 0.349 e. The molecule has 1 saturated heterocycles. The number of rotatable bonds is 3. The molecule has 1 fully saturated rings. The van der Waals surface area contributed by atoms with Crippen LogP contribution in [0.3, 0.4) is 0 Å². The number of hydrogen-bond donors (Lipinski definition) is 0. The van der Waals surface area contributed by atoms with Crippen LogP contribution in [0.25, 0.3) is 0 Å². The highest BCUT2D eigenvalue weighted by atomic mass is 16.2. The smallest absolute Gasteiger partial charge is 0.242 e. The maximum absolute atomic E-state index is 12.1. The van der Waals surface area contributed by atoms with Gasteiger partial charge in [-0.05, 0) is 31.9 Å². The van der Waals surface area contributed by atoms with E-state index in [9.17, 15) is 4.79 Å². The molecule has 0 N–H and O–H groups in total. The molecule has 0 aromatic carbocycles. The molecule has 19 heavy (non-hydrogen) atoms. The molecule has 0 bridgehead atoms. The third-order valence-corrected chi connectivity index (χ3v) is 3.33. The molecular weight excluding hydrogens is 240 g/mol. The lowest BCUT2D eigenvalue weighted by Crippen LogP contribution is -2.37. The molecule has 0 saturated carbocycles. The highest BCUT2D eigenvalue weighted by Crippen LogP contribution is 2.17. The molecule has 2 heterocycles. The predicted octanol–water partition coefficient (Wildman–Crippen LogP) is 1.32. The number of nitrogens with zero attached hydrogens (tertiary/aromatic N) is 4. The fraction of sp³-hybridized carbons (Fsp3) is 0.500. The van der Waals surface area contributed by atoms with Crippen molar-refractivity contribution in [3.8, 4) is 6.07 Å². The van der Waals surface area contributed by atoms with E-state index in [1.54, 1.807) is 24.1 Å². The van der Waals surface area contributed by atoms with Gasteiger partial charge in [-0.2, -0.15) is 5.26 Å². The molecule has 0 radical (unpaired) electrons. The average molecular weight is 258 g/mol. The number of likely N-dealkylation sites (N-methyl/N-ethyl adjacent to an activating group) is 1. The second-order valence-electron chi connectivity index (χ2n) is 4.88. The van der Waals surface area contributed by atoms with E-state index in [1.807, 2.05) is 11.8 Å². The summed E-state index contributed by atoms with van der Waals surface area (Å²) in [6, 6.07) is 5.67. The summed E-state index contributed by atoms with van der Waals surface area (Å²) in [5, 5.41) is 9.09. The number of likely N-dealkylation sites (tertiary alicyclic amines) is 1. The summed E-state index contributed by atoms with van der Waals surface area (Å²) >= 11 is 0. The highest BCUT2D eigenvalue weighted by Gasteiger charge is 2.20. The first kappa shape index (κ1) is 13.3. The Morgan fingerprint density at radius 1 is 1.47 bits per heavy atom. The lowest BCUT2D eigenvalue weighted by Gasteiger charge is -2.22. The third-order valence-electron chi connectivity index (χ3n) is 3.33. The third kappa shape index (κ3) is 3.02. The van der Waals surface area contributed by atoms with E-state index in [2.05, 4.69) is 11.1 Å². The summed E-state index contributed by atoms with van der Waals surface area (Å²) in [5.41, 5.74) is 1.34. The van der Waals surface area contributed by atoms with E-state index >= 15 is 0 Å². The zero-order chi connectivity index (χ0) is 13.8. The molecule has 0 spiro atoms. The lowest BCUT2D eigenvalue weighted by molar-refractivity contribution is -0.128. The number of hydrogen-bond acceptors (Lipinski definition) is 4. The number of amides is 1. The molecule has 0 unspecified atom stereocenters. The van der Waals surface area contributed by atoms with Crippen LogP contribution in [-0.4, -0.2) is 42.5 Å². The van der Waals surface area contributed by atoms with Crippen molar-refractivity contribution in [2.75, 3.05) is 31.6 Å². The van der Waals surface area contributed by atoms with E-state index in [1.165, 1.54) is 0 Å². The van der Waals surface area contributed by atoms with Gasteiger partial charge in [-0.3, -0.25) is 4.79 Å². The van der Waals surface area contributed by atoms with E-state index in [4.69, 9.17) is 5.26 Å². The first-order valence-electron chi connectivity index (χ1n) is 6.48. The minimum absolute atomic E-state index is 0.104. The van der Waals surface area contributed by atoms with E-state index < -0.39 is 0 Å². The van der Waals surface area contributed by atoms with Crippen molar-refractivity contribution >= 4 is 11.7 Å². The van der Waals surface area contributed by atoms with Crippen LogP contribution in [0.15, 0.2) is 12.1 Å². The Morgan fingerprint density at radius 2 is 2.16 bits per heavy atom. The fourth-order valence-corrected chi connectivity index (χ4v) is 2.27. The molecule has 1 amide bonds. The lowest BCUT2D eigenvalue weighted by atomic mass is 10.2. The van der Waals surface area contributed by atoms with Crippen LogP contribution >= 0.6 is 0 Å². The number of anilines is 1. The fourth-order valence-electron chi connectivity index (χ4n) is 2.27. The Labute approximate surface area is 113 Å². The maximum atomic E-state index is 12.1. The monoisotopic (exact) mass is 258 g/mol. The minimum atomic E-state index is 0.104. The second-order valence-corrected chi connectivity index (χ2v) is 4.88. The zero-order valence-electron chi connectivity index (χ0n) is 11.4. The van der Waals surface area contributed by atoms with Crippen molar-refractivity contribution in [3.05, 3.63) is 23.4 Å². The highest BCUT2D eigenvalue weighted by molar-refractivity contribution is 5.81. The van der Waals surface area contributed by atoms with E-state index in [0.717, 1.165) is 31.6 Å². The standard InChI is InChI=1S/C14H18N4O/c1-11-5-6-12(9-15)14(16-11)17(2)10-13(19)18-7-3-4-8-18/h5-6H,3-4,7-8,10H2,1-2H3. The van der Waals surface area contributed by atoms with Crippen LogP contribution in [0.1, 0.15) is 24.1 Å². The normalized spacial score (nSPS) is 14.3. The van der Waals surface area contributed by atoms with Gasteiger partial charge in [-0.1, -0.05) is 0 Å². The summed E-state index contributed by atoms with van der Waals surface area (Å²) in [6.45, 7) is 3.84. The van der Waals surface area contributed by atoms with Gasteiger partial charge >= 0.3 is 0 Å². The summed E-state index contributed by atoms with van der Waals surface area (Å²) in [7, 11) is 1.80. The van der Waals surface area contributed by atoms with Crippen LogP contribution in [0, 0.1) is 18.3 Å². The topological polar surface area (TPSA) is 60.2 Å². The Morgan fingerprint density at radius 3 is 2.79 bits per heavy atom. The van der Waals surface area contributed by atoms with Crippen molar-refractivity contribution < 1.29 is 4.79 Å². The van der Waals surface area contributed by atoms with Gasteiger partial charge in [-0.15, -0.1) is 0 Å². The second kappa shape index (κ2) is 5.70. The predicted molar refractivity (Wildman–Crippen MR) is 72.8 cm³/mol. The first-order valence-corrected chi connectivity index (χ1v) is 6.48. The van der Waals surface area contributed by atoms with Crippen LogP contribution in [0.2, 0.25) is 0 Å². The van der Waals surface area contributed by atoms with Crippen LogP contribution in [-0.2, 0) is 4.79 Å². The van der Waals surface area contributed by atoms with Crippen LogP contribution in [0.4, 0.5) is 5.82 Å². The maximum Gasteiger partial charge on any atom is 0.242 e. The molecule has 0 atom stereocenters. The molecule has 1 aliphatic rings. The van der Waals surface area contributed by atoms with Crippen molar-refractivity contribution in [2.45, 2.75) is 19.8 Å². The van der Waals surface area contributed by atoms with Crippen LogP contribution < -0.4 is 4.90 Å². The minimum Gasteiger partial charge on any atom is -0.349 e. The number of nitriles is 1. The van der Waals surface area contributed by atoms with E-state index in [-0.39, 0.29) is 12.5 Å². The van der Waals surface area contributed by atoms with Crippen molar-refractivity contribution in [1.29, 1.82) is 5.26 Å². The first-order chi connectivity index (χ1) is 9.11. The Bertz CT molecular complexity index is 515. The zero-order valence-corrected chi connectivity index (χ0v) is 11.4. The number of carbonyl (C=O) groups excluding carboxylic acids is 1. The summed E-state index contributed by atoms with van der Waals surface area (Å²) in [4.78, 5) is 20.1. The van der Waals surface area contributed by atoms with Gasteiger partial charge in [0.2, 0.25) is 5.91 Å². The van der Waals surface area contributed by atoms with Gasteiger partial charge in [0.15, 0.2) is 0 Å². The molecular formula is C14H18N4O. The van der Waals surface area contributed by atoms with Crippen LogP contribution in [0.5, 0.6) is 0 Å². The molecule has 0 aliphatic carbocycles. The van der Waals surface area contributed by atoms with Gasteiger partial charge in [-0.25, -0.2) is 4.98 Å². The number of aryl methyl sites for hydroxylation is 1. The van der Waals surface area contributed by atoms with Gasteiger partial charge in [0.25, 0.3) is 0 Å². The Balaban J connectivity index is 2.11. The van der Waals surface area contributed by atoms with Crippen molar-refractivity contribution in [3.63, 3.8) is 0 Å². The molecule has 5 heteroatoms. The average Bonchev–Trinajstić information content (AvgIpc) is 2.92. The van der Waals surface area contributed by atoms with Gasteiger partial charge in [0.1, 0.15) is 11.9 Å². The molecule has 1 aromatic heterocycles. The number of aromatic nitrogens is 1. The number of pyridine rings is 1. The van der Waals surface area contributed by atoms with E-state index in [0.29, 0.717) is 11.4 Å².